The van der Waals surface area contributed by atoms with Gasteiger partial charge in [0.15, 0.2) is 11.5 Å². The van der Waals surface area contributed by atoms with Crippen LogP contribution in [0.4, 0.5) is 17.1 Å². The molecule has 1 aliphatic carbocycles. The van der Waals surface area contributed by atoms with Crippen molar-refractivity contribution in [2.45, 2.75) is 5.41 Å². The molecule has 0 spiro atoms. The van der Waals surface area contributed by atoms with Gasteiger partial charge in [0.25, 0.3) is 0 Å². The number of benzene rings is 8. The van der Waals surface area contributed by atoms with Crippen molar-refractivity contribution in [2.24, 2.45) is 0 Å². The molecule has 11 rings (SSSR count). The zero-order valence-corrected chi connectivity index (χ0v) is 29.1. The summed E-state index contributed by atoms with van der Waals surface area (Å²) >= 11 is 0. The maximum Gasteiger partial charge on any atom is 0.200 e. The normalized spacial score (nSPS) is 13.5. The first-order chi connectivity index (χ1) is 26.7. The van der Waals surface area contributed by atoms with Crippen molar-refractivity contribution in [3.05, 3.63) is 221 Å². The highest BCUT2D eigenvalue weighted by molar-refractivity contribution is 5.95. The van der Waals surface area contributed by atoms with Gasteiger partial charge in [-0.2, -0.15) is 0 Å². The van der Waals surface area contributed by atoms with Crippen LogP contribution in [0.15, 0.2) is 197 Å². The van der Waals surface area contributed by atoms with Gasteiger partial charge in [0, 0.05) is 5.69 Å². The maximum absolute atomic E-state index is 13.4. The molecule has 9 aromatic rings. The number of para-hydroxylation sites is 5. The van der Waals surface area contributed by atoms with Crippen molar-refractivity contribution in [3.8, 4) is 33.8 Å². The Balaban J connectivity index is 1.17. The summed E-state index contributed by atoms with van der Waals surface area (Å²) in [5.74, 6) is 1.64. The van der Waals surface area contributed by atoms with Crippen LogP contribution in [0.2, 0.25) is 0 Å². The maximum atomic E-state index is 13.4. The van der Waals surface area contributed by atoms with Crippen molar-refractivity contribution < 1.29 is 9.15 Å². The SMILES string of the molecule is O=c1c2ccccc2oc2cc(-c3ccc4c(c3)-c3cc(N5c6ccccc6Oc6ccccc65)ccc3C4(c3ccccc3)c3ccccc3)ccc12. The standard InChI is InChI=1S/C50H31NO3/c52-49-37-17-7-10-20-45(37)53-48-30-33(23-26-38(48)49)32-24-27-41-39(29-32)40-31-36(51-43-18-8-11-21-46(43)54-47-22-12-9-19-44(47)51)25-28-42(40)50(41,34-13-3-1-4-14-34)35-15-5-2-6-16-35/h1-31H. The number of nitrogens with zero attached hydrogens (tertiary/aromatic N) is 1. The van der Waals surface area contributed by atoms with Crippen LogP contribution in [-0.4, -0.2) is 0 Å². The van der Waals surface area contributed by atoms with Gasteiger partial charge in [-0.15, -0.1) is 0 Å². The van der Waals surface area contributed by atoms with Gasteiger partial charge in [0.05, 0.1) is 27.6 Å². The topological polar surface area (TPSA) is 42.7 Å². The van der Waals surface area contributed by atoms with Crippen LogP contribution in [0.1, 0.15) is 22.3 Å². The molecule has 0 unspecified atom stereocenters. The van der Waals surface area contributed by atoms with E-state index in [1.807, 2.05) is 66.7 Å². The molecule has 8 aromatic carbocycles. The molecule has 1 aliphatic heterocycles. The highest BCUT2D eigenvalue weighted by atomic mass is 16.5. The van der Waals surface area contributed by atoms with Crippen LogP contribution in [0.5, 0.6) is 11.5 Å². The minimum absolute atomic E-state index is 0.0180. The number of rotatable bonds is 4. The molecule has 0 saturated carbocycles. The van der Waals surface area contributed by atoms with Crippen LogP contribution in [0.3, 0.4) is 0 Å². The molecule has 54 heavy (non-hydrogen) atoms. The number of anilines is 3. The molecule has 0 fully saturated rings. The smallest absolute Gasteiger partial charge is 0.200 e. The lowest BCUT2D eigenvalue weighted by atomic mass is 9.67. The summed E-state index contributed by atoms with van der Waals surface area (Å²) in [6.07, 6.45) is 0. The number of hydrogen-bond acceptors (Lipinski definition) is 4. The van der Waals surface area contributed by atoms with E-state index in [1.165, 1.54) is 22.3 Å². The summed E-state index contributed by atoms with van der Waals surface area (Å²) in [6, 6.07) is 65.2. The third kappa shape index (κ3) is 4.34. The fourth-order valence-corrected chi connectivity index (χ4v) is 8.77. The number of ether oxygens (including phenoxy) is 1. The van der Waals surface area contributed by atoms with Crippen molar-refractivity contribution in [2.75, 3.05) is 4.90 Å². The Labute approximate surface area is 311 Å². The first-order valence-electron chi connectivity index (χ1n) is 18.2. The van der Waals surface area contributed by atoms with E-state index < -0.39 is 5.41 Å². The Morgan fingerprint density at radius 2 is 0.981 bits per heavy atom. The summed E-state index contributed by atoms with van der Waals surface area (Å²) < 4.78 is 12.7. The summed E-state index contributed by atoms with van der Waals surface area (Å²) in [4.78, 5) is 15.7. The number of hydrogen-bond donors (Lipinski definition) is 0. The molecule has 0 atom stereocenters. The zero-order valence-electron chi connectivity index (χ0n) is 29.1. The van der Waals surface area contributed by atoms with E-state index in [-0.39, 0.29) is 5.43 Å². The monoisotopic (exact) mass is 693 g/mol. The lowest BCUT2D eigenvalue weighted by Crippen LogP contribution is -2.28. The minimum Gasteiger partial charge on any atom is -0.456 e. The second-order valence-corrected chi connectivity index (χ2v) is 14.0. The van der Waals surface area contributed by atoms with Crippen molar-refractivity contribution in [3.63, 3.8) is 0 Å². The summed E-state index contributed by atoms with van der Waals surface area (Å²) in [6.45, 7) is 0. The fourth-order valence-electron chi connectivity index (χ4n) is 8.77. The van der Waals surface area contributed by atoms with E-state index in [9.17, 15) is 4.79 Å². The molecular weight excluding hydrogens is 663 g/mol. The van der Waals surface area contributed by atoms with Gasteiger partial charge >= 0.3 is 0 Å². The molecule has 2 heterocycles. The molecule has 4 nitrogen and oxygen atoms in total. The summed E-state index contributed by atoms with van der Waals surface area (Å²) in [5.41, 5.74) is 12.8. The van der Waals surface area contributed by atoms with E-state index in [0.29, 0.717) is 21.9 Å². The second kappa shape index (κ2) is 11.7. The van der Waals surface area contributed by atoms with E-state index in [2.05, 4.69) is 126 Å². The van der Waals surface area contributed by atoms with Gasteiger partial charge in [-0.05, 0) is 111 Å². The van der Waals surface area contributed by atoms with Gasteiger partial charge in [-0.25, -0.2) is 0 Å². The highest BCUT2D eigenvalue weighted by Gasteiger charge is 2.46. The Hall–Kier alpha value is -7.17. The Morgan fingerprint density at radius 1 is 0.444 bits per heavy atom. The molecule has 254 valence electrons. The molecule has 0 radical (unpaired) electrons. The van der Waals surface area contributed by atoms with Gasteiger partial charge in [0.1, 0.15) is 11.2 Å². The van der Waals surface area contributed by atoms with Crippen molar-refractivity contribution in [1.82, 2.24) is 0 Å². The van der Waals surface area contributed by atoms with Crippen molar-refractivity contribution >= 4 is 39.0 Å². The highest BCUT2D eigenvalue weighted by Crippen LogP contribution is 2.59. The first-order valence-corrected chi connectivity index (χ1v) is 18.2. The molecule has 0 saturated heterocycles. The predicted molar refractivity (Wildman–Crippen MR) is 217 cm³/mol. The van der Waals surface area contributed by atoms with Gasteiger partial charge in [0.2, 0.25) is 5.43 Å². The summed E-state index contributed by atoms with van der Waals surface area (Å²) in [5, 5.41) is 1.17. The molecule has 0 bridgehead atoms. The van der Waals surface area contributed by atoms with Crippen LogP contribution >= 0.6 is 0 Å². The Bertz CT molecular complexity index is 2920. The Kier molecular flexibility index (Phi) is 6.58. The lowest BCUT2D eigenvalue weighted by molar-refractivity contribution is 0.477. The van der Waals surface area contributed by atoms with Crippen molar-refractivity contribution in [1.29, 1.82) is 0 Å². The molecule has 0 N–H and O–H groups in total. The third-order valence-electron chi connectivity index (χ3n) is 11.1. The van der Waals surface area contributed by atoms with Crippen LogP contribution in [-0.2, 0) is 5.41 Å². The third-order valence-corrected chi connectivity index (χ3v) is 11.1. The molecule has 0 amide bonds. The summed E-state index contributed by atoms with van der Waals surface area (Å²) in [7, 11) is 0. The van der Waals surface area contributed by atoms with Gasteiger partial charge < -0.3 is 14.1 Å². The second-order valence-electron chi connectivity index (χ2n) is 14.0. The quantitative estimate of drug-likeness (QED) is 0.172. The van der Waals surface area contributed by atoms with Crippen LogP contribution < -0.4 is 15.1 Å². The minimum atomic E-state index is -0.555. The molecule has 1 aromatic heterocycles. The average Bonchev–Trinajstić information content (AvgIpc) is 3.53. The Morgan fingerprint density at radius 3 is 1.69 bits per heavy atom. The van der Waals surface area contributed by atoms with E-state index in [1.54, 1.807) is 0 Å². The predicted octanol–water partition coefficient (Wildman–Crippen LogP) is 12.6. The van der Waals surface area contributed by atoms with E-state index in [0.717, 1.165) is 50.8 Å². The fraction of sp³-hybridized carbons (Fsp3) is 0.0200. The molecule has 2 aliphatic rings. The van der Waals surface area contributed by atoms with Gasteiger partial charge in [-0.1, -0.05) is 121 Å². The average molecular weight is 694 g/mol. The van der Waals surface area contributed by atoms with Crippen LogP contribution in [0.25, 0.3) is 44.2 Å². The molecule has 4 heteroatoms. The first kappa shape index (κ1) is 30.5. The molecular formula is C50H31NO3. The zero-order chi connectivity index (χ0) is 35.8. The van der Waals surface area contributed by atoms with E-state index >= 15 is 0 Å². The number of fused-ring (bicyclic) bond motifs is 7. The largest absolute Gasteiger partial charge is 0.456 e. The van der Waals surface area contributed by atoms with Gasteiger partial charge in [-0.3, -0.25) is 4.79 Å². The van der Waals surface area contributed by atoms with E-state index in [4.69, 9.17) is 9.15 Å². The lowest BCUT2D eigenvalue weighted by Gasteiger charge is -2.35. The van der Waals surface area contributed by atoms with Crippen LogP contribution in [0, 0.1) is 0 Å².